The van der Waals surface area contributed by atoms with Gasteiger partial charge in [0, 0.05) is 48.6 Å². The smallest absolute Gasteiger partial charge is 0.550 e. The van der Waals surface area contributed by atoms with Crippen LogP contribution in [0.5, 0.6) is 0 Å². The maximum Gasteiger partial charge on any atom is 1.00 e. The molecule has 1 aromatic heterocycles. The zero-order chi connectivity index (χ0) is 43.5. The molecule has 0 spiro atoms. The Morgan fingerprint density at radius 3 is 2.20 bits per heavy atom. The van der Waals surface area contributed by atoms with Crippen molar-refractivity contribution < 1.29 is 170 Å². The van der Waals surface area contributed by atoms with E-state index in [2.05, 4.69) is 20.9 Å². The number of piperazine rings is 1. The third-order valence-corrected chi connectivity index (χ3v) is 15.9. The molecule has 0 bridgehead atoms. The number of benzene rings is 1. The van der Waals surface area contributed by atoms with Crippen molar-refractivity contribution in [3.63, 3.8) is 0 Å². The van der Waals surface area contributed by atoms with E-state index in [1.54, 1.807) is 51.1 Å². The summed E-state index contributed by atoms with van der Waals surface area (Å²) in [7, 11) is -4.02. The van der Waals surface area contributed by atoms with Crippen molar-refractivity contribution >= 4 is 75.0 Å². The number of β-lactam (4-membered cyclic amide) rings is 1. The SMILES string of the molecule is CCN1CCN(C(=O)NC(C(=O)N[C@@H]2C(=O)N3[C@@H]2SC(C)(C)[C@@H]3C(=O)O)c2ccccc2)C(=O)C1=O.C[C@]1(Cn2nncc2C(=O)[O-])[C@H](C(=O)[O-])C2C(=O)CC2S1(=O)=O.[K+].[K+]. The second-order valence-electron chi connectivity index (χ2n) is 15.2. The summed E-state index contributed by atoms with van der Waals surface area (Å²) in [6.45, 7) is 6.26. The number of carboxylic acids is 3. The van der Waals surface area contributed by atoms with Gasteiger partial charge in [-0.05, 0) is 33.3 Å². The number of aromatic nitrogens is 3. The number of likely N-dealkylation sites (N-methyl/N-ethyl adjacent to an activating group) is 1. The summed E-state index contributed by atoms with van der Waals surface area (Å²) in [5.74, 6) is -10.6. The minimum atomic E-state index is -4.02. The zero-order valence-electron chi connectivity index (χ0n) is 33.8. The summed E-state index contributed by atoms with van der Waals surface area (Å²) >= 11 is 1.28. The average molecular weight is 937 g/mol. The van der Waals surface area contributed by atoms with Gasteiger partial charge in [0.25, 0.3) is 0 Å². The normalized spacial score (nSPS) is 28.2. The van der Waals surface area contributed by atoms with Crippen molar-refractivity contribution in [2.45, 2.75) is 78.9 Å². The second kappa shape index (κ2) is 19.2. The van der Waals surface area contributed by atoms with Crippen LogP contribution >= 0.6 is 11.8 Å². The number of carboxylic acid groups (broad SMARTS) is 3. The van der Waals surface area contributed by atoms with Gasteiger partial charge in [0.05, 0.1) is 28.7 Å². The molecule has 5 aliphatic rings. The molecule has 4 saturated heterocycles. The summed E-state index contributed by atoms with van der Waals surface area (Å²) in [6.07, 6.45) is 0.630. The second-order valence-corrected chi connectivity index (χ2v) is 19.6. The Morgan fingerprint density at radius 2 is 1.64 bits per heavy atom. The fourth-order valence-electron chi connectivity index (χ4n) is 8.23. The van der Waals surface area contributed by atoms with Crippen LogP contribution in [0.15, 0.2) is 36.5 Å². The van der Waals surface area contributed by atoms with Crippen LogP contribution in [0.4, 0.5) is 4.79 Å². The molecule has 8 atom stereocenters. The summed E-state index contributed by atoms with van der Waals surface area (Å²) in [6, 6.07) is 4.11. The Bertz CT molecular complexity index is 2280. The molecule has 3 unspecified atom stereocenters. The first kappa shape index (κ1) is 51.0. The molecular formula is C35H38K2N8O14S2. The van der Waals surface area contributed by atoms with Gasteiger partial charge in [-0.2, -0.15) is 0 Å². The number of sulfone groups is 1. The molecule has 1 aromatic carbocycles. The Labute approximate surface area is 437 Å². The third-order valence-electron chi connectivity index (χ3n) is 11.4. The van der Waals surface area contributed by atoms with Gasteiger partial charge >= 0.3 is 127 Å². The summed E-state index contributed by atoms with van der Waals surface area (Å²) < 4.78 is 23.4. The molecule has 316 valence electrons. The number of ketones is 1. The summed E-state index contributed by atoms with van der Waals surface area (Å²) in [5.41, 5.74) is -0.0788. The number of aromatic carboxylic acids is 1. The van der Waals surface area contributed by atoms with E-state index in [9.17, 15) is 66.9 Å². The number of aliphatic carboxylic acids is 2. The van der Waals surface area contributed by atoms with Crippen LogP contribution in [0.2, 0.25) is 0 Å². The molecular weight excluding hydrogens is 899 g/mol. The number of fused-ring (bicyclic) bond motifs is 2. The standard InChI is InChI=1S/C23H27N5O7S.C12H13N3O7S.2K/c1-4-26-10-11-27(19(32)18(26)31)22(35)25-13(12-8-6-5-7-9-12)16(29)24-14-17(30)28-15(21(33)34)23(2,3)36-20(14)28;1-12(4-15-5(10(17)18)3-13-14-15)9(11(19)20)8-6(16)2-7(8)23(12,21)22;;/h5-9,13-15,20H,4,10-11H2,1-3H3,(H,24,29)(H,25,35)(H,33,34);3,7-9H,2,4H2,1H3,(H,17,18)(H,19,20);;/q;;2*+1/p-2/t13?,14-,15+,20-;7?,8?,9-,12-;;/m10../s1. The maximum atomic E-state index is 13.3. The number of hydrogen-bond acceptors (Lipinski definition) is 16. The molecule has 26 heteroatoms. The number of thioether (sulfide) groups is 1. The van der Waals surface area contributed by atoms with Crippen molar-refractivity contribution in [3.8, 4) is 0 Å². The van der Waals surface area contributed by atoms with Crippen LogP contribution in [0.25, 0.3) is 0 Å². The van der Waals surface area contributed by atoms with E-state index in [0.717, 1.165) is 22.7 Å². The van der Waals surface area contributed by atoms with Crippen molar-refractivity contribution in [3.05, 3.63) is 47.8 Å². The van der Waals surface area contributed by atoms with Crippen LogP contribution in [-0.4, -0.2) is 148 Å². The first-order chi connectivity index (χ1) is 27.6. The molecule has 5 heterocycles. The number of carbonyl (C=O) groups is 9. The molecule has 0 radical (unpaired) electrons. The largest absolute Gasteiger partial charge is 1.00 e. The van der Waals surface area contributed by atoms with E-state index < -0.39 is 126 Å². The number of urea groups is 1. The van der Waals surface area contributed by atoms with Crippen molar-refractivity contribution in [1.29, 1.82) is 0 Å². The average Bonchev–Trinajstić information content (AvgIpc) is 3.78. The van der Waals surface area contributed by atoms with Gasteiger partial charge < -0.3 is 45.3 Å². The molecule has 22 nitrogen and oxygen atoms in total. The number of carbonyl (C=O) groups excluding carboxylic acids is 8. The Morgan fingerprint density at radius 1 is 1.00 bits per heavy atom. The van der Waals surface area contributed by atoms with Crippen LogP contribution in [-0.2, 0) is 49.9 Å². The minimum Gasteiger partial charge on any atom is -0.550 e. The Kier molecular flexibility index (Phi) is 16.1. The molecule has 7 rings (SSSR count). The Balaban J connectivity index is 0.000000284. The molecule has 5 fully saturated rings. The number of nitrogens with zero attached hydrogens (tertiary/aromatic N) is 6. The molecule has 2 aromatic rings. The molecule has 1 saturated carbocycles. The predicted molar refractivity (Wildman–Crippen MR) is 194 cm³/mol. The summed E-state index contributed by atoms with van der Waals surface area (Å²) in [4.78, 5) is 113. The fraction of sp³-hybridized carbons (Fsp3) is 0.514. The van der Waals surface area contributed by atoms with E-state index in [4.69, 9.17) is 0 Å². The first-order valence-corrected chi connectivity index (χ1v) is 20.6. The van der Waals surface area contributed by atoms with Gasteiger partial charge in [-0.15, -0.1) is 16.9 Å². The number of rotatable bonds is 10. The van der Waals surface area contributed by atoms with Gasteiger partial charge in [0.1, 0.15) is 35.0 Å². The molecule has 6 amide bonds. The Hall–Kier alpha value is -2.64. The number of Topliss-reactive ketones (excluding diaryl/α,β-unsaturated/α-hetero) is 1. The van der Waals surface area contributed by atoms with Crippen molar-refractivity contribution in [1.82, 2.24) is 40.3 Å². The van der Waals surface area contributed by atoms with Crippen LogP contribution in [0.3, 0.4) is 0 Å². The van der Waals surface area contributed by atoms with Crippen molar-refractivity contribution in [2.24, 2.45) is 11.8 Å². The number of hydrogen-bond donors (Lipinski definition) is 3. The summed E-state index contributed by atoms with van der Waals surface area (Å²) in [5, 5.41) is 42.4. The van der Waals surface area contributed by atoms with Gasteiger partial charge in [-0.25, -0.2) is 22.7 Å². The van der Waals surface area contributed by atoms with E-state index in [0.29, 0.717) is 12.1 Å². The van der Waals surface area contributed by atoms with Gasteiger partial charge in [0.15, 0.2) is 9.84 Å². The fourth-order valence-corrected chi connectivity index (χ4v) is 12.5. The molecule has 1 aliphatic carbocycles. The van der Waals surface area contributed by atoms with Gasteiger partial charge in [-0.1, -0.05) is 35.5 Å². The number of amides is 6. The first-order valence-electron chi connectivity index (χ1n) is 18.1. The molecule has 4 aliphatic heterocycles. The van der Waals surface area contributed by atoms with Gasteiger partial charge in [0.2, 0.25) is 11.8 Å². The molecule has 61 heavy (non-hydrogen) atoms. The number of nitrogens with one attached hydrogen (secondary N) is 2. The third kappa shape index (κ3) is 9.05. The number of imide groups is 1. The van der Waals surface area contributed by atoms with E-state index in [1.165, 1.54) is 21.6 Å². The van der Waals surface area contributed by atoms with Crippen LogP contribution in [0, 0.1) is 11.8 Å². The quantitative estimate of drug-likeness (QED) is 0.113. The topological polar surface area (TPSA) is 319 Å². The van der Waals surface area contributed by atoms with Crippen LogP contribution in [0.1, 0.15) is 56.2 Å². The zero-order valence-corrected chi connectivity index (χ0v) is 41.7. The van der Waals surface area contributed by atoms with Gasteiger partial charge in [-0.3, -0.25) is 28.9 Å². The predicted octanol–water partition coefficient (Wildman–Crippen LogP) is -10.1. The van der Waals surface area contributed by atoms with Crippen molar-refractivity contribution in [2.75, 3.05) is 19.6 Å². The van der Waals surface area contributed by atoms with E-state index in [-0.39, 0.29) is 122 Å². The maximum absolute atomic E-state index is 13.3. The van der Waals surface area contributed by atoms with E-state index >= 15 is 0 Å². The van der Waals surface area contributed by atoms with Crippen LogP contribution < -0.4 is 124 Å². The molecule has 3 N–H and O–H groups in total. The monoisotopic (exact) mass is 936 g/mol. The van der Waals surface area contributed by atoms with E-state index in [1.807, 2.05) is 0 Å². The minimum absolute atomic E-state index is 0.